The molecule has 174 valence electrons. The van der Waals surface area contributed by atoms with Crippen LogP contribution in [0.15, 0.2) is 65.4 Å². The molecule has 0 amide bonds. The SMILES string of the molecule is COc1ccccc1Oc1c(Cl)nc(-c2csc(C)n2)nc1NS(=O)(=O)/C=C/c1ccccc1. The van der Waals surface area contributed by atoms with Crippen molar-refractivity contribution in [1.29, 1.82) is 0 Å². The summed E-state index contributed by atoms with van der Waals surface area (Å²) in [5, 5.41) is 3.51. The number of rotatable bonds is 8. The molecule has 0 unspecified atom stereocenters. The zero-order valence-corrected chi connectivity index (χ0v) is 20.5. The second kappa shape index (κ2) is 10.2. The minimum Gasteiger partial charge on any atom is -0.493 e. The normalized spacial score (nSPS) is 11.5. The highest BCUT2D eigenvalue weighted by Gasteiger charge is 2.22. The molecule has 0 spiro atoms. The van der Waals surface area contributed by atoms with Gasteiger partial charge >= 0.3 is 0 Å². The van der Waals surface area contributed by atoms with Gasteiger partial charge in [-0.1, -0.05) is 54.1 Å². The van der Waals surface area contributed by atoms with Crippen LogP contribution in [0.5, 0.6) is 17.2 Å². The molecule has 0 saturated heterocycles. The molecule has 0 aliphatic heterocycles. The summed E-state index contributed by atoms with van der Waals surface area (Å²) in [4.78, 5) is 13.0. The number of aryl methyl sites for hydroxylation is 1. The number of halogens is 1. The van der Waals surface area contributed by atoms with Gasteiger partial charge in [0, 0.05) is 5.38 Å². The number of nitrogens with one attached hydrogen (secondary N) is 1. The summed E-state index contributed by atoms with van der Waals surface area (Å²) in [5.74, 6) is 0.692. The van der Waals surface area contributed by atoms with Gasteiger partial charge in [-0.05, 0) is 30.7 Å². The van der Waals surface area contributed by atoms with Crippen molar-refractivity contribution in [2.75, 3.05) is 11.8 Å². The summed E-state index contributed by atoms with van der Waals surface area (Å²) < 4.78 is 39.4. The second-order valence-electron chi connectivity index (χ2n) is 6.88. The largest absolute Gasteiger partial charge is 0.493 e. The molecule has 1 N–H and O–H groups in total. The van der Waals surface area contributed by atoms with Crippen LogP contribution < -0.4 is 14.2 Å². The Morgan fingerprint density at radius 2 is 1.71 bits per heavy atom. The van der Waals surface area contributed by atoms with Crippen LogP contribution >= 0.6 is 22.9 Å². The van der Waals surface area contributed by atoms with Crippen molar-refractivity contribution in [3.63, 3.8) is 0 Å². The number of para-hydroxylation sites is 2. The molecule has 0 aliphatic carbocycles. The molecule has 0 atom stereocenters. The van der Waals surface area contributed by atoms with Crippen molar-refractivity contribution < 1.29 is 17.9 Å². The van der Waals surface area contributed by atoms with E-state index in [9.17, 15) is 8.42 Å². The van der Waals surface area contributed by atoms with Gasteiger partial charge in [0.05, 0.1) is 17.5 Å². The van der Waals surface area contributed by atoms with E-state index in [1.54, 1.807) is 41.8 Å². The third-order valence-electron chi connectivity index (χ3n) is 4.43. The first kappa shape index (κ1) is 23.7. The van der Waals surface area contributed by atoms with Gasteiger partial charge in [0.1, 0.15) is 5.69 Å². The number of aromatic nitrogens is 3. The lowest BCUT2D eigenvalue weighted by Gasteiger charge is -2.15. The molecule has 4 aromatic rings. The van der Waals surface area contributed by atoms with E-state index in [4.69, 9.17) is 21.1 Å². The number of ether oxygens (including phenoxy) is 2. The van der Waals surface area contributed by atoms with Crippen LogP contribution in [0.3, 0.4) is 0 Å². The van der Waals surface area contributed by atoms with Gasteiger partial charge in [-0.2, -0.15) is 0 Å². The highest BCUT2D eigenvalue weighted by molar-refractivity contribution is 7.95. The van der Waals surface area contributed by atoms with Gasteiger partial charge in [-0.3, -0.25) is 4.72 Å². The van der Waals surface area contributed by atoms with Crippen molar-refractivity contribution in [2.45, 2.75) is 6.92 Å². The Labute approximate surface area is 206 Å². The molecule has 2 heterocycles. The fraction of sp³-hybridized carbons (Fsp3) is 0.0870. The summed E-state index contributed by atoms with van der Waals surface area (Å²) in [6, 6.07) is 15.9. The average molecular weight is 515 g/mol. The van der Waals surface area contributed by atoms with E-state index in [1.807, 2.05) is 25.1 Å². The molecule has 34 heavy (non-hydrogen) atoms. The topological polar surface area (TPSA) is 103 Å². The summed E-state index contributed by atoms with van der Waals surface area (Å²) in [7, 11) is -2.49. The fourth-order valence-electron chi connectivity index (χ4n) is 2.88. The first-order valence-electron chi connectivity index (χ1n) is 9.91. The maximum atomic E-state index is 12.9. The van der Waals surface area contributed by atoms with Crippen LogP contribution in [-0.4, -0.2) is 30.5 Å². The molecule has 2 aromatic carbocycles. The summed E-state index contributed by atoms with van der Waals surface area (Å²) in [5.41, 5.74) is 1.19. The van der Waals surface area contributed by atoms with Crippen LogP contribution in [0.25, 0.3) is 17.6 Å². The third kappa shape index (κ3) is 5.71. The number of sulfonamides is 1. The van der Waals surface area contributed by atoms with Gasteiger partial charge in [-0.15, -0.1) is 11.3 Å². The van der Waals surface area contributed by atoms with Gasteiger partial charge in [0.2, 0.25) is 5.75 Å². The van der Waals surface area contributed by atoms with E-state index in [0.717, 1.165) is 16.0 Å². The number of hydrogen-bond donors (Lipinski definition) is 1. The Morgan fingerprint density at radius 1 is 1.00 bits per heavy atom. The maximum absolute atomic E-state index is 12.9. The highest BCUT2D eigenvalue weighted by Crippen LogP contribution is 2.39. The molecule has 11 heteroatoms. The van der Waals surface area contributed by atoms with Gasteiger partial charge in [0.25, 0.3) is 10.0 Å². The molecule has 2 aromatic heterocycles. The first-order valence-corrected chi connectivity index (χ1v) is 12.7. The minimum absolute atomic E-state index is 0.0708. The van der Waals surface area contributed by atoms with Crippen LogP contribution in [0, 0.1) is 6.92 Å². The molecule has 0 radical (unpaired) electrons. The van der Waals surface area contributed by atoms with E-state index in [1.165, 1.54) is 24.5 Å². The standard InChI is InChI=1S/C23H19ClN4O4S2/c1-15-25-17(14-33-15)22-26-21(24)20(32-19-11-7-6-10-18(19)31-2)23(27-22)28-34(29,30)13-12-16-8-4-3-5-9-16/h3-14H,1-2H3,(H,26,27,28)/b13-12+. The van der Waals surface area contributed by atoms with Crippen LogP contribution in [0.1, 0.15) is 10.6 Å². The molecular weight excluding hydrogens is 496 g/mol. The summed E-state index contributed by atoms with van der Waals surface area (Å²) in [6.45, 7) is 1.84. The Kier molecular flexibility index (Phi) is 7.11. The minimum atomic E-state index is -3.98. The van der Waals surface area contributed by atoms with Gasteiger partial charge in [-0.25, -0.2) is 23.4 Å². The van der Waals surface area contributed by atoms with E-state index < -0.39 is 10.0 Å². The predicted molar refractivity (Wildman–Crippen MR) is 134 cm³/mol. The van der Waals surface area contributed by atoms with Crippen molar-refractivity contribution in [2.24, 2.45) is 0 Å². The third-order valence-corrected chi connectivity index (χ3v) is 6.43. The highest BCUT2D eigenvalue weighted by atomic mass is 35.5. The Hall–Kier alpha value is -3.47. The smallest absolute Gasteiger partial charge is 0.256 e. The molecule has 8 nitrogen and oxygen atoms in total. The number of nitrogens with zero attached hydrogens (tertiary/aromatic N) is 3. The quantitative estimate of drug-likeness (QED) is 0.297. The summed E-state index contributed by atoms with van der Waals surface area (Å²) in [6.07, 6.45) is 1.47. The predicted octanol–water partition coefficient (Wildman–Crippen LogP) is 5.78. The van der Waals surface area contributed by atoms with E-state index in [0.29, 0.717) is 17.2 Å². The lowest BCUT2D eigenvalue weighted by molar-refractivity contribution is 0.378. The van der Waals surface area contributed by atoms with Crippen molar-refractivity contribution in [3.8, 4) is 28.8 Å². The molecule has 0 bridgehead atoms. The molecule has 0 saturated carbocycles. The molecule has 4 rings (SSSR count). The monoisotopic (exact) mass is 514 g/mol. The summed E-state index contributed by atoms with van der Waals surface area (Å²) >= 11 is 7.85. The van der Waals surface area contributed by atoms with Gasteiger partial charge < -0.3 is 9.47 Å². The first-order chi connectivity index (χ1) is 16.3. The Morgan fingerprint density at radius 3 is 2.38 bits per heavy atom. The fourth-order valence-corrected chi connectivity index (χ4v) is 4.49. The number of hydrogen-bond acceptors (Lipinski definition) is 8. The zero-order valence-electron chi connectivity index (χ0n) is 18.1. The molecular formula is C23H19ClN4O4S2. The Bertz CT molecular complexity index is 1440. The molecule has 0 fully saturated rings. The van der Waals surface area contributed by atoms with E-state index >= 15 is 0 Å². The van der Waals surface area contributed by atoms with Crippen molar-refractivity contribution in [3.05, 3.63) is 81.1 Å². The number of methoxy groups -OCH3 is 1. The van der Waals surface area contributed by atoms with E-state index in [-0.39, 0.29) is 22.5 Å². The van der Waals surface area contributed by atoms with Crippen LogP contribution in [0.4, 0.5) is 5.82 Å². The lowest BCUT2D eigenvalue weighted by atomic mass is 10.2. The van der Waals surface area contributed by atoms with Crippen molar-refractivity contribution >= 4 is 44.9 Å². The second-order valence-corrected chi connectivity index (χ2v) is 9.87. The maximum Gasteiger partial charge on any atom is 0.256 e. The van der Waals surface area contributed by atoms with Crippen molar-refractivity contribution in [1.82, 2.24) is 15.0 Å². The lowest BCUT2D eigenvalue weighted by Crippen LogP contribution is -2.12. The number of thiazole rings is 1. The average Bonchev–Trinajstić information content (AvgIpc) is 3.27. The Balaban J connectivity index is 1.75. The number of anilines is 1. The number of benzene rings is 2. The van der Waals surface area contributed by atoms with Gasteiger partial charge in [0.15, 0.2) is 28.3 Å². The van der Waals surface area contributed by atoms with E-state index in [2.05, 4.69) is 19.7 Å². The molecule has 0 aliphatic rings. The van der Waals surface area contributed by atoms with Crippen LogP contribution in [0.2, 0.25) is 5.15 Å². The zero-order chi connectivity index (χ0) is 24.1. The van der Waals surface area contributed by atoms with Crippen LogP contribution in [-0.2, 0) is 10.0 Å².